The first-order valence-corrected chi connectivity index (χ1v) is 4.73. The van der Waals surface area contributed by atoms with Gasteiger partial charge in [0, 0.05) is 20.1 Å². The van der Waals surface area contributed by atoms with E-state index >= 15 is 0 Å². The monoisotopic (exact) mass is 182 g/mol. The highest BCUT2D eigenvalue weighted by atomic mass is 16.2. The van der Waals surface area contributed by atoms with Gasteiger partial charge >= 0.3 is 0 Å². The number of rotatable bonds is 3. The molecule has 0 spiro atoms. The van der Waals surface area contributed by atoms with Crippen LogP contribution >= 0.6 is 0 Å². The second kappa shape index (κ2) is 4.42. The minimum atomic E-state index is -0.0695. The first-order chi connectivity index (χ1) is 6.11. The summed E-state index contributed by atoms with van der Waals surface area (Å²) >= 11 is 0. The second-order valence-electron chi connectivity index (χ2n) is 3.76. The maximum Gasteiger partial charge on any atom is 0.238 e. The standard InChI is InChI=1S/C10H18N2O/c1-8(10(13)12(2)3)11-9-6-4-5-7-9/h4-5,8-9,11H,6-7H2,1-3H3. The SMILES string of the molecule is CC(NC1CC=CC1)C(=O)N(C)C. The van der Waals surface area contributed by atoms with Crippen LogP contribution in [-0.2, 0) is 4.79 Å². The van der Waals surface area contributed by atoms with E-state index in [4.69, 9.17) is 0 Å². The molecule has 3 heteroatoms. The van der Waals surface area contributed by atoms with Crippen molar-refractivity contribution in [3.8, 4) is 0 Å². The van der Waals surface area contributed by atoms with Crippen molar-refractivity contribution >= 4 is 5.91 Å². The number of hydrogen-bond donors (Lipinski definition) is 1. The molecule has 0 aliphatic heterocycles. The molecule has 1 N–H and O–H groups in total. The molecular formula is C10H18N2O. The zero-order chi connectivity index (χ0) is 9.84. The first kappa shape index (κ1) is 10.3. The number of carbonyl (C=O) groups excluding carboxylic acids is 1. The largest absolute Gasteiger partial charge is 0.347 e. The molecule has 0 heterocycles. The maximum atomic E-state index is 11.5. The summed E-state index contributed by atoms with van der Waals surface area (Å²) in [4.78, 5) is 13.1. The molecule has 3 nitrogen and oxygen atoms in total. The van der Waals surface area contributed by atoms with Crippen LogP contribution < -0.4 is 5.32 Å². The molecule has 1 unspecified atom stereocenters. The molecular weight excluding hydrogens is 164 g/mol. The smallest absolute Gasteiger partial charge is 0.238 e. The average molecular weight is 182 g/mol. The summed E-state index contributed by atoms with van der Waals surface area (Å²) < 4.78 is 0. The van der Waals surface area contributed by atoms with Crippen molar-refractivity contribution in [2.24, 2.45) is 0 Å². The van der Waals surface area contributed by atoms with Gasteiger partial charge in [0.05, 0.1) is 6.04 Å². The molecule has 74 valence electrons. The van der Waals surface area contributed by atoms with Crippen molar-refractivity contribution in [3.63, 3.8) is 0 Å². The number of nitrogens with one attached hydrogen (secondary N) is 1. The minimum Gasteiger partial charge on any atom is -0.347 e. The summed E-state index contributed by atoms with van der Waals surface area (Å²) in [7, 11) is 3.57. The fraction of sp³-hybridized carbons (Fsp3) is 0.700. The highest BCUT2D eigenvalue weighted by Crippen LogP contribution is 2.10. The highest BCUT2D eigenvalue weighted by molar-refractivity contribution is 5.80. The van der Waals surface area contributed by atoms with Crippen molar-refractivity contribution in [2.75, 3.05) is 14.1 Å². The van der Waals surface area contributed by atoms with Crippen LogP contribution in [0.4, 0.5) is 0 Å². The number of hydrogen-bond acceptors (Lipinski definition) is 2. The molecule has 13 heavy (non-hydrogen) atoms. The topological polar surface area (TPSA) is 32.3 Å². The lowest BCUT2D eigenvalue weighted by Crippen LogP contribution is -2.45. The van der Waals surface area contributed by atoms with Gasteiger partial charge in [-0.2, -0.15) is 0 Å². The summed E-state index contributed by atoms with van der Waals surface area (Å²) in [5.41, 5.74) is 0. The van der Waals surface area contributed by atoms with Crippen LogP contribution in [0.2, 0.25) is 0 Å². The molecule has 0 aromatic rings. The molecule has 1 aliphatic rings. The Labute approximate surface area is 79.8 Å². The number of amides is 1. The Kier molecular flexibility index (Phi) is 3.48. The van der Waals surface area contributed by atoms with Crippen LogP contribution in [0.1, 0.15) is 19.8 Å². The Bertz CT molecular complexity index is 203. The molecule has 1 atom stereocenters. The van der Waals surface area contributed by atoms with Crippen molar-refractivity contribution in [3.05, 3.63) is 12.2 Å². The average Bonchev–Trinajstić information content (AvgIpc) is 2.55. The fourth-order valence-corrected chi connectivity index (χ4v) is 1.57. The van der Waals surface area contributed by atoms with E-state index in [2.05, 4.69) is 17.5 Å². The molecule has 0 aromatic carbocycles. The van der Waals surface area contributed by atoms with Crippen LogP contribution in [0.15, 0.2) is 12.2 Å². The van der Waals surface area contributed by atoms with Crippen LogP contribution in [0.3, 0.4) is 0 Å². The number of carbonyl (C=O) groups is 1. The van der Waals surface area contributed by atoms with Gasteiger partial charge in [-0.25, -0.2) is 0 Å². The third kappa shape index (κ3) is 2.84. The number of likely N-dealkylation sites (N-methyl/N-ethyl adjacent to an activating group) is 1. The number of nitrogens with zero attached hydrogens (tertiary/aromatic N) is 1. The Morgan fingerprint density at radius 1 is 1.46 bits per heavy atom. The maximum absolute atomic E-state index is 11.5. The van der Waals surface area contributed by atoms with Crippen LogP contribution in [0.25, 0.3) is 0 Å². The first-order valence-electron chi connectivity index (χ1n) is 4.73. The van der Waals surface area contributed by atoms with Crippen LogP contribution in [-0.4, -0.2) is 37.0 Å². The normalized spacial score (nSPS) is 19.0. The van der Waals surface area contributed by atoms with E-state index in [1.807, 2.05) is 6.92 Å². The van der Waals surface area contributed by atoms with Crippen molar-refractivity contribution in [2.45, 2.75) is 31.8 Å². The van der Waals surface area contributed by atoms with Gasteiger partial charge in [0.25, 0.3) is 0 Å². The molecule has 0 saturated heterocycles. The van der Waals surface area contributed by atoms with Gasteiger partial charge in [-0.3, -0.25) is 4.79 Å². The van der Waals surface area contributed by atoms with Gasteiger partial charge in [-0.1, -0.05) is 12.2 Å². The Morgan fingerprint density at radius 3 is 2.46 bits per heavy atom. The predicted octanol–water partition coefficient (Wildman–Crippen LogP) is 0.771. The van der Waals surface area contributed by atoms with Crippen molar-refractivity contribution in [1.29, 1.82) is 0 Å². The summed E-state index contributed by atoms with van der Waals surface area (Å²) in [5.74, 6) is 0.145. The second-order valence-corrected chi connectivity index (χ2v) is 3.76. The quantitative estimate of drug-likeness (QED) is 0.654. The molecule has 1 amide bonds. The predicted molar refractivity (Wildman–Crippen MR) is 53.5 cm³/mol. The molecule has 0 aromatic heterocycles. The van der Waals surface area contributed by atoms with E-state index in [1.54, 1.807) is 19.0 Å². The lowest BCUT2D eigenvalue weighted by Gasteiger charge is -2.21. The summed E-state index contributed by atoms with van der Waals surface area (Å²) in [6.07, 6.45) is 6.41. The van der Waals surface area contributed by atoms with E-state index in [0.717, 1.165) is 12.8 Å². The highest BCUT2D eigenvalue weighted by Gasteiger charge is 2.19. The van der Waals surface area contributed by atoms with Gasteiger partial charge in [0.15, 0.2) is 0 Å². The zero-order valence-electron chi connectivity index (χ0n) is 8.58. The minimum absolute atomic E-state index is 0.0695. The van der Waals surface area contributed by atoms with Gasteiger partial charge in [0.1, 0.15) is 0 Å². The lowest BCUT2D eigenvalue weighted by molar-refractivity contribution is -0.130. The van der Waals surface area contributed by atoms with Gasteiger partial charge in [-0.15, -0.1) is 0 Å². The van der Waals surface area contributed by atoms with Gasteiger partial charge < -0.3 is 10.2 Å². The van der Waals surface area contributed by atoms with Gasteiger partial charge in [-0.05, 0) is 19.8 Å². The van der Waals surface area contributed by atoms with E-state index < -0.39 is 0 Å². The zero-order valence-corrected chi connectivity index (χ0v) is 8.58. The Balaban J connectivity index is 2.32. The van der Waals surface area contributed by atoms with Crippen LogP contribution in [0.5, 0.6) is 0 Å². The Hall–Kier alpha value is -0.830. The molecule has 1 aliphatic carbocycles. The summed E-state index contributed by atoms with van der Waals surface area (Å²) in [6, 6.07) is 0.388. The van der Waals surface area contributed by atoms with Crippen molar-refractivity contribution in [1.82, 2.24) is 10.2 Å². The Morgan fingerprint density at radius 2 is 2.00 bits per heavy atom. The van der Waals surface area contributed by atoms with E-state index in [-0.39, 0.29) is 11.9 Å². The fourth-order valence-electron chi connectivity index (χ4n) is 1.57. The molecule has 0 fully saturated rings. The van der Waals surface area contributed by atoms with E-state index in [0.29, 0.717) is 6.04 Å². The summed E-state index contributed by atoms with van der Waals surface area (Å²) in [6.45, 7) is 1.92. The third-order valence-corrected chi connectivity index (χ3v) is 2.30. The molecule has 0 radical (unpaired) electrons. The van der Waals surface area contributed by atoms with Crippen LogP contribution in [0, 0.1) is 0 Å². The van der Waals surface area contributed by atoms with E-state index in [1.165, 1.54) is 0 Å². The third-order valence-electron chi connectivity index (χ3n) is 2.30. The summed E-state index contributed by atoms with van der Waals surface area (Å²) in [5, 5.41) is 3.31. The van der Waals surface area contributed by atoms with E-state index in [9.17, 15) is 4.79 Å². The van der Waals surface area contributed by atoms with Gasteiger partial charge in [0.2, 0.25) is 5.91 Å². The molecule has 0 saturated carbocycles. The lowest BCUT2D eigenvalue weighted by atomic mass is 10.2. The molecule has 1 rings (SSSR count). The molecule has 0 bridgehead atoms. The van der Waals surface area contributed by atoms with Crippen molar-refractivity contribution < 1.29 is 4.79 Å².